The molecule has 11 rings (SSSR count). The minimum atomic E-state index is -0.231. The lowest BCUT2D eigenvalue weighted by molar-refractivity contribution is 0.660. The van der Waals surface area contributed by atoms with Gasteiger partial charge in [-0.05, 0) is 124 Å². The Hall–Kier alpha value is -6.42. The third kappa shape index (κ3) is 5.15. The van der Waals surface area contributed by atoms with Gasteiger partial charge >= 0.3 is 0 Å². The number of fused-ring (bicyclic) bond motifs is 8. The summed E-state index contributed by atoms with van der Waals surface area (Å²) in [6.07, 6.45) is 6.87. The molecule has 0 N–H and O–H groups in total. The molecule has 0 saturated carbocycles. The zero-order chi connectivity index (χ0) is 37.4. The lowest BCUT2D eigenvalue weighted by Crippen LogP contribution is -2.18. The van der Waals surface area contributed by atoms with E-state index >= 15 is 0 Å². The largest absolute Gasteiger partial charge is 0.310 e. The smallest absolute Gasteiger partial charge is 0.0540 e. The summed E-state index contributed by atoms with van der Waals surface area (Å²) in [5.41, 5.74) is 13.6. The number of hydrogen-bond donors (Lipinski definition) is 0. The van der Waals surface area contributed by atoms with E-state index in [2.05, 4.69) is 206 Å². The standard InChI is InChI=1S/C53H40N2S/c1-53(2)47-32-38(54(37-18-4-3-5-19-37)49-23-12-16-35-14-6-8-20-41(35)49)26-29-43(47)44-30-27-39(33-48(44)53)55(50-24-13-17-36-15-7-9-21-42(36)50)40-28-31-46-45-22-10-11-25-51(45)56-52(46)34-40/h3-9,11-21,23-34H,10,22H2,1-2H3. The lowest BCUT2D eigenvalue weighted by Gasteiger charge is -2.30. The van der Waals surface area contributed by atoms with Gasteiger partial charge in [0.15, 0.2) is 0 Å². The second-order valence-corrected chi connectivity index (χ2v) is 16.7. The van der Waals surface area contributed by atoms with Crippen LogP contribution in [0.2, 0.25) is 0 Å². The van der Waals surface area contributed by atoms with Gasteiger partial charge < -0.3 is 9.80 Å². The van der Waals surface area contributed by atoms with E-state index in [-0.39, 0.29) is 5.41 Å². The van der Waals surface area contributed by atoms with Crippen LogP contribution in [0, 0.1) is 0 Å². The number of rotatable bonds is 6. The molecular weight excluding hydrogens is 697 g/mol. The predicted molar refractivity (Wildman–Crippen MR) is 241 cm³/mol. The number of anilines is 6. The van der Waals surface area contributed by atoms with Gasteiger partial charge in [0.05, 0.1) is 11.4 Å². The second kappa shape index (κ2) is 12.8. The van der Waals surface area contributed by atoms with Gasteiger partial charge in [-0.2, -0.15) is 0 Å². The van der Waals surface area contributed by atoms with Crippen LogP contribution in [0.4, 0.5) is 34.1 Å². The predicted octanol–water partition coefficient (Wildman–Crippen LogP) is 15.4. The molecule has 1 aromatic heterocycles. The van der Waals surface area contributed by atoms with Gasteiger partial charge in [0.2, 0.25) is 0 Å². The molecule has 2 aliphatic carbocycles. The molecule has 8 aromatic carbocycles. The molecule has 0 bridgehead atoms. The molecular formula is C53H40N2S. The molecule has 0 amide bonds. The average Bonchev–Trinajstić information content (AvgIpc) is 3.72. The van der Waals surface area contributed by atoms with Crippen LogP contribution in [0.15, 0.2) is 176 Å². The number of allylic oxidation sites excluding steroid dienone is 1. The third-order valence-electron chi connectivity index (χ3n) is 12.1. The number of aryl methyl sites for hydroxylation is 1. The molecule has 0 aliphatic heterocycles. The van der Waals surface area contributed by atoms with E-state index in [1.165, 1.54) is 87.1 Å². The van der Waals surface area contributed by atoms with Crippen LogP contribution < -0.4 is 9.80 Å². The maximum atomic E-state index is 2.48. The Morgan fingerprint density at radius 3 is 1.66 bits per heavy atom. The minimum Gasteiger partial charge on any atom is -0.310 e. The molecule has 0 unspecified atom stereocenters. The maximum absolute atomic E-state index is 2.48. The van der Waals surface area contributed by atoms with Crippen LogP contribution in [0.3, 0.4) is 0 Å². The Labute approximate surface area is 332 Å². The van der Waals surface area contributed by atoms with Crippen molar-refractivity contribution in [3.63, 3.8) is 0 Å². The van der Waals surface area contributed by atoms with Crippen LogP contribution in [0.1, 0.15) is 41.8 Å². The first-order valence-electron chi connectivity index (χ1n) is 19.7. The molecule has 1 heterocycles. The third-order valence-corrected chi connectivity index (χ3v) is 13.2. The van der Waals surface area contributed by atoms with Crippen molar-refractivity contribution in [2.75, 3.05) is 9.80 Å². The van der Waals surface area contributed by atoms with E-state index in [1.807, 2.05) is 11.3 Å². The molecule has 2 aliphatic rings. The van der Waals surface area contributed by atoms with Crippen LogP contribution in [-0.2, 0) is 11.8 Å². The summed E-state index contributed by atoms with van der Waals surface area (Å²) < 4.78 is 1.35. The molecule has 0 atom stereocenters. The number of hydrogen-bond acceptors (Lipinski definition) is 3. The van der Waals surface area contributed by atoms with Crippen molar-refractivity contribution in [3.8, 4) is 11.1 Å². The van der Waals surface area contributed by atoms with Crippen molar-refractivity contribution in [2.45, 2.75) is 32.1 Å². The normalized spacial score (nSPS) is 13.8. The van der Waals surface area contributed by atoms with Gasteiger partial charge in [0.1, 0.15) is 0 Å². The summed E-state index contributed by atoms with van der Waals surface area (Å²) in [6.45, 7) is 4.79. The fraction of sp³-hybridized carbons (Fsp3) is 0.0943. The van der Waals surface area contributed by atoms with E-state index in [0.29, 0.717) is 0 Å². The Morgan fingerprint density at radius 2 is 1.02 bits per heavy atom. The summed E-state index contributed by atoms with van der Waals surface area (Å²) in [5.74, 6) is 0. The van der Waals surface area contributed by atoms with Crippen molar-refractivity contribution in [1.29, 1.82) is 0 Å². The molecule has 2 nitrogen and oxygen atoms in total. The van der Waals surface area contributed by atoms with Crippen molar-refractivity contribution >= 4 is 83.2 Å². The van der Waals surface area contributed by atoms with Crippen molar-refractivity contribution < 1.29 is 0 Å². The topological polar surface area (TPSA) is 6.48 Å². The summed E-state index contributed by atoms with van der Waals surface area (Å²) in [5, 5.41) is 6.34. The van der Waals surface area contributed by atoms with Gasteiger partial charge in [-0.3, -0.25) is 0 Å². The number of nitrogens with zero attached hydrogens (tertiary/aromatic N) is 2. The van der Waals surface area contributed by atoms with E-state index in [0.717, 1.165) is 24.2 Å². The molecule has 268 valence electrons. The van der Waals surface area contributed by atoms with Gasteiger partial charge in [0, 0.05) is 48.5 Å². The highest BCUT2D eigenvalue weighted by Crippen LogP contribution is 2.53. The molecule has 0 spiro atoms. The van der Waals surface area contributed by atoms with E-state index in [1.54, 1.807) is 0 Å². The minimum absolute atomic E-state index is 0.231. The molecule has 3 heteroatoms. The summed E-state index contributed by atoms with van der Waals surface area (Å²) >= 11 is 1.92. The molecule has 56 heavy (non-hydrogen) atoms. The summed E-state index contributed by atoms with van der Waals surface area (Å²) in [7, 11) is 0. The van der Waals surface area contributed by atoms with Crippen LogP contribution in [-0.4, -0.2) is 0 Å². The number of thiophene rings is 1. The van der Waals surface area contributed by atoms with Crippen LogP contribution in [0.25, 0.3) is 48.8 Å². The van der Waals surface area contributed by atoms with Crippen LogP contribution >= 0.6 is 11.3 Å². The van der Waals surface area contributed by atoms with E-state index < -0.39 is 0 Å². The first-order valence-corrected chi connectivity index (χ1v) is 20.5. The van der Waals surface area contributed by atoms with Crippen molar-refractivity contribution in [1.82, 2.24) is 0 Å². The summed E-state index contributed by atoms with van der Waals surface area (Å²) in [6, 6.07) is 62.9. The average molecular weight is 737 g/mol. The Morgan fingerprint density at radius 1 is 0.482 bits per heavy atom. The molecule has 0 saturated heterocycles. The Kier molecular flexibility index (Phi) is 7.55. The van der Waals surface area contributed by atoms with Crippen molar-refractivity contribution in [3.05, 3.63) is 198 Å². The first kappa shape index (κ1) is 33.0. The summed E-state index contributed by atoms with van der Waals surface area (Å²) in [4.78, 5) is 6.31. The van der Waals surface area contributed by atoms with Crippen molar-refractivity contribution in [2.24, 2.45) is 0 Å². The Bertz CT molecular complexity index is 3010. The fourth-order valence-corrected chi connectivity index (χ4v) is 10.6. The zero-order valence-corrected chi connectivity index (χ0v) is 32.4. The quantitative estimate of drug-likeness (QED) is 0.168. The number of benzene rings is 8. The van der Waals surface area contributed by atoms with Crippen LogP contribution in [0.5, 0.6) is 0 Å². The monoisotopic (exact) mass is 736 g/mol. The molecule has 0 fully saturated rings. The van der Waals surface area contributed by atoms with E-state index in [4.69, 9.17) is 0 Å². The SMILES string of the molecule is CC1(C)c2cc(N(c3ccccc3)c3cccc4ccccc34)ccc2-c2ccc(N(c3ccc4c5c(sc4c3)C=CCC5)c3cccc4ccccc34)cc21. The maximum Gasteiger partial charge on any atom is 0.0540 e. The highest BCUT2D eigenvalue weighted by atomic mass is 32.1. The lowest BCUT2D eigenvalue weighted by atomic mass is 9.82. The molecule has 9 aromatic rings. The first-order chi connectivity index (χ1) is 27.5. The van der Waals surface area contributed by atoms with Gasteiger partial charge in [-0.25, -0.2) is 0 Å². The number of para-hydroxylation sites is 1. The fourth-order valence-electron chi connectivity index (χ4n) is 9.34. The molecule has 0 radical (unpaired) electrons. The Balaban J connectivity index is 1.06. The van der Waals surface area contributed by atoms with Gasteiger partial charge in [0.25, 0.3) is 0 Å². The van der Waals surface area contributed by atoms with E-state index in [9.17, 15) is 0 Å². The van der Waals surface area contributed by atoms with Gasteiger partial charge in [-0.1, -0.05) is 129 Å². The van der Waals surface area contributed by atoms with Gasteiger partial charge in [-0.15, -0.1) is 11.3 Å². The zero-order valence-electron chi connectivity index (χ0n) is 31.5. The highest BCUT2D eigenvalue weighted by molar-refractivity contribution is 7.20. The highest BCUT2D eigenvalue weighted by Gasteiger charge is 2.37. The second-order valence-electron chi connectivity index (χ2n) is 15.7.